The third-order valence-corrected chi connectivity index (χ3v) is 1.31. The molecule has 0 fully saturated rings. The highest BCUT2D eigenvalue weighted by Crippen LogP contribution is 2.01. The van der Waals surface area contributed by atoms with Crippen LogP contribution in [0.15, 0.2) is 11.1 Å². The molecule has 1 nitrogen and oxygen atoms in total. The number of methoxy groups -OCH3 is 1. The molecule has 0 atom stereocenters. The fourth-order valence-electron chi connectivity index (χ4n) is 0.228. The van der Waals surface area contributed by atoms with Gasteiger partial charge in [-0.15, -0.1) is 11.6 Å². The van der Waals surface area contributed by atoms with Crippen molar-refractivity contribution in [2.75, 3.05) is 19.6 Å². The lowest BCUT2D eigenvalue weighted by atomic mass is 10.5. The van der Waals surface area contributed by atoms with Crippen molar-refractivity contribution in [3.63, 3.8) is 0 Å². The Labute approximate surface area is 59.2 Å². The third kappa shape index (κ3) is 4.44. The van der Waals surface area contributed by atoms with Gasteiger partial charge in [-0.3, -0.25) is 0 Å². The lowest BCUT2D eigenvalue weighted by Crippen LogP contribution is -1.83. The molecular weight excluding hydrogens is 147 g/mol. The van der Waals surface area contributed by atoms with Crippen molar-refractivity contribution in [3.8, 4) is 0 Å². The van der Waals surface area contributed by atoms with Gasteiger partial charge < -0.3 is 4.74 Å². The molecule has 8 heavy (non-hydrogen) atoms. The summed E-state index contributed by atoms with van der Waals surface area (Å²) in [7, 11) is 1.61. The quantitative estimate of drug-likeness (QED) is 0.566. The molecule has 0 radical (unpaired) electrons. The number of rotatable bonds is 3. The maximum absolute atomic E-state index is 5.49. The summed E-state index contributed by atoms with van der Waals surface area (Å²) >= 11 is 10.8. The van der Waals surface area contributed by atoms with Crippen molar-refractivity contribution < 1.29 is 4.74 Å². The predicted octanol–water partition coefficient (Wildman–Crippen LogP) is 1.99. The summed E-state index contributed by atoms with van der Waals surface area (Å²) in [4.78, 5) is 0. The molecule has 0 aliphatic carbocycles. The van der Waals surface area contributed by atoms with E-state index in [-0.39, 0.29) is 0 Å². The fourth-order valence-corrected chi connectivity index (χ4v) is 0.400. The predicted molar refractivity (Wildman–Crippen MR) is 36.5 cm³/mol. The maximum atomic E-state index is 5.49. The van der Waals surface area contributed by atoms with Crippen LogP contribution >= 0.6 is 23.2 Å². The van der Waals surface area contributed by atoms with E-state index in [1.54, 1.807) is 13.2 Å². The minimum absolute atomic E-state index is 0.366. The molecular formula is C5H8Cl2O. The van der Waals surface area contributed by atoms with Crippen LogP contribution in [-0.2, 0) is 4.74 Å². The van der Waals surface area contributed by atoms with E-state index in [1.807, 2.05) is 0 Å². The van der Waals surface area contributed by atoms with Crippen LogP contribution in [-0.4, -0.2) is 19.6 Å². The zero-order chi connectivity index (χ0) is 6.41. The monoisotopic (exact) mass is 154 g/mol. The molecule has 0 saturated heterocycles. The molecule has 0 aromatic heterocycles. The topological polar surface area (TPSA) is 9.23 Å². The molecule has 0 rings (SSSR count). The average molecular weight is 155 g/mol. The van der Waals surface area contributed by atoms with E-state index >= 15 is 0 Å². The Kier molecular flexibility index (Phi) is 5.61. The first-order valence-corrected chi connectivity index (χ1v) is 3.12. The van der Waals surface area contributed by atoms with Crippen LogP contribution in [0.1, 0.15) is 0 Å². The summed E-state index contributed by atoms with van der Waals surface area (Å²) in [5, 5.41) is 0.633. The Morgan fingerprint density at radius 1 is 1.75 bits per heavy atom. The van der Waals surface area contributed by atoms with Crippen LogP contribution in [0.5, 0.6) is 0 Å². The summed E-state index contributed by atoms with van der Waals surface area (Å²) < 4.78 is 4.69. The number of hydrogen-bond donors (Lipinski definition) is 0. The van der Waals surface area contributed by atoms with Gasteiger partial charge in [0, 0.05) is 12.1 Å². The lowest BCUT2D eigenvalue weighted by molar-refractivity contribution is 0.233. The van der Waals surface area contributed by atoms with Crippen molar-refractivity contribution in [1.82, 2.24) is 0 Å². The summed E-state index contributed by atoms with van der Waals surface area (Å²) in [6, 6.07) is 0. The molecule has 0 amide bonds. The van der Waals surface area contributed by atoms with Crippen molar-refractivity contribution in [2.45, 2.75) is 0 Å². The van der Waals surface area contributed by atoms with Gasteiger partial charge in [0.1, 0.15) is 0 Å². The zero-order valence-electron chi connectivity index (χ0n) is 4.66. The summed E-state index contributed by atoms with van der Waals surface area (Å²) in [6.45, 7) is 0.533. The molecule has 0 bridgehead atoms. The summed E-state index contributed by atoms with van der Waals surface area (Å²) in [5.74, 6) is 0.366. The van der Waals surface area contributed by atoms with Gasteiger partial charge in [-0.05, 0) is 6.08 Å². The van der Waals surface area contributed by atoms with Gasteiger partial charge in [0.05, 0.1) is 12.5 Å². The SMILES string of the molecule is COC/C=C(\Cl)CCl. The third-order valence-electron chi connectivity index (χ3n) is 0.599. The molecule has 0 unspecified atom stereocenters. The Balaban J connectivity index is 3.26. The normalized spacial score (nSPS) is 12.1. The number of ether oxygens (including phenoxy) is 1. The summed E-state index contributed by atoms with van der Waals surface area (Å²) in [6.07, 6.45) is 1.73. The first-order chi connectivity index (χ1) is 3.81. The van der Waals surface area contributed by atoms with Crippen LogP contribution in [0, 0.1) is 0 Å². The summed E-state index contributed by atoms with van der Waals surface area (Å²) in [5.41, 5.74) is 0. The smallest absolute Gasteiger partial charge is 0.0658 e. The molecule has 3 heteroatoms. The van der Waals surface area contributed by atoms with Crippen molar-refractivity contribution in [1.29, 1.82) is 0 Å². The van der Waals surface area contributed by atoms with Crippen molar-refractivity contribution in [2.24, 2.45) is 0 Å². The number of halogens is 2. The Bertz CT molecular complexity index is 80.5. The minimum atomic E-state index is 0.366. The van der Waals surface area contributed by atoms with Crippen LogP contribution in [0.25, 0.3) is 0 Å². The van der Waals surface area contributed by atoms with Crippen LogP contribution in [0.2, 0.25) is 0 Å². The van der Waals surface area contributed by atoms with Crippen LogP contribution in [0.4, 0.5) is 0 Å². The fraction of sp³-hybridized carbons (Fsp3) is 0.600. The molecule has 48 valence electrons. The second-order valence-corrected chi connectivity index (χ2v) is 1.99. The van der Waals surface area contributed by atoms with Gasteiger partial charge in [-0.25, -0.2) is 0 Å². The van der Waals surface area contributed by atoms with E-state index in [9.17, 15) is 0 Å². The first-order valence-electron chi connectivity index (χ1n) is 2.20. The van der Waals surface area contributed by atoms with E-state index in [1.165, 1.54) is 0 Å². The number of hydrogen-bond acceptors (Lipinski definition) is 1. The van der Waals surface area contributed by atoms with E-state index < -0.39 is 0 Å². The molecule has 0 aromatic rings. The van der Waals surface area contributed by atoms with E-state index in [2.05, 4.69) is 0 Å². The Hall–Kier alpha value is 0.280. The van der Waals surface area contributed by atoms with Crippen LogP contribution in [0.3, 0.4) is 0 Å². The second-order valence-electron chi connectivity index (χ2n) is 1.24. The first kappa shape index (κ1) is 8.28. The maximum Gasteiger partial charge on any atom is 0.0658 e. The molecule has 0 saturated carbocycles. The van der Waals surface area contributed by atoms with Gasteiger partial charge in [0.2, 0.25) is 0 Å². The van der Waals surface area contributed by atoms with Gasteiger partial charge in [0.15, 0.2) is 0 Å². The van der Waals surface area contributed by atoms with Gasteiger partial charge in [-0.2, -0.15) is 0 Å². The molecule has 0 aliphatic rings. The van der Waals surface area contributed by atoms with Crippen molar-refractivity contribution >= 4 is 23.2 Å². The molecule has 0 aliphatic heterocycles. The Morgan fingerprint density at radius 3 is 2.75 bits per heavy atom. The number of alkyl halides is 1. The standard InChI is InChI=1S/C5H8Cl2O/c1-8-3-2-5(7)4-6/h2H,3-4H2,1H3/b5-2-. The number of allylic oxidation sites excluding steroid dienone is 1. The highest BCUT2D eigenvalue weighted by atomic mass is 35.5. The van der Waals surface area contributed by atoms with Crippen LogP contribution < -0.4 is 0 Å². The van der Waals surface area contributed by atoms with E-state index in [0.717, 1.165) is 0 Å². The largest absolute Gasteiger partial charge is 0.381 e. The lowest BCUT2D eigenvalue weighted by Gasteiger charge is -1.89. The van der Waals surface area contributed by atoms with E-state index in [0.29, 0.717) is 17.5 Å². The zero-order valence-corrected chi connectivity index (χ0v) is 6.17. The Morgan fingerprint density at radius 2 is 2.38 bits per heavy atom. The highest BCUT2D eigenvalue weighted by Gasteiger charge is 1.84. The minimum Gasteiger partial charge on any atom is -0.381 e. The molecule has 0 heterocycles. The molecule has 0 spiro atoms. The molecule has 0 N–H and O–H groups in total. The van der Waals surface area contributed by atoms with Gasteiger partial charge in [0.25, 0.3) is 0 Å². The van der Waals surface area contributed by atoms with E-state index in [4.69, 9.17) is 27.9 Å². The second kappa shape index (κ2) is 5.42. The van der Waals surface area contributed by atoms with Gasteiger partial charge in [-0.1, -0.05) is 11.6 Å². The van der Waals surface area contributed by atoms with Gasteiger partial charge >= 0.3 is 0 Å². The average Bonchev–Trinajstić information content (AvgIpc) is 1.83. The highest BCUT2D eigenvalue weighted by molar-refractivity contribution is 6.35. The molecule has 0 aromatic carbocycles. The van der Waals surface area contributed by atoms with Crippen molar-refractivity contribution in [3.05, 3.63) is 11.1 Å².